The van der Waals surface area contributed by atoms with Crippen molar-refractivity contribution >= 4 is 34.9 Å². The molecule has 1 fully saturated rings. The molecule has 3 amide bonds. The molecular weight excluding hydrogens is 338 g/mol. The average Bonchev–Trinajstić information content (AvgIpc) is 2.62. The fourth-order valence-electron chi connectivity index (χ4n) is 2.76. The molecule has 0 bridgehead atoms. The van der Waals surface area contributed by atoms with Crippen molar-refractivity contribution in [1.82, 2.24) is 5.32 Å². The van der Waals surface area contributed by atoms with Crippen LogP contribution in [-0.2, 0) is 11.3 Å². The Morgan fingerprint density at radius 3 is 2.44 bits per heavy atom. The highest BCUT2D eigenvalue weighted by Crippen LogP contribution is 2.22. The highest BCUT2D eigenvalue weighted by Gasteiger charge is 2.19. The SMILES string of the molecule is O=C(NCc1ccc(Cl)cc1)Nc1ccc(N2CCCCC2=O)cc1. The summed E-state index contributed by atoms with van der Waals surface area (Å²) in [4.78, 5) is 25.7. The first-order valence-corrected chi connectivity index (χ1v) is 8.69. The number of carbonyl (C=O) groups is 2. The van der Waals surface area contributed by atoms with Crippen LogP contribution in [0.2, 0.25) is 5.02 Å². The van der Waals surface area contributed by atoms with Crippen molar-refractivity contribution in [3.63, 3.8) is 0 Å². The largest absolute Gasteiger partial charge is 0.334 e. The quantitative estimate of drug-likeness (QED) is 0.862. The number of rotatable bonds is 4. The number of nitrogens with zero attached hydrogens (tertiary/aromatic N) is 1. The maximum Gasteiger partial charge on any atom is 0.319 e. The van der Waals surface area contributed by atoms with Crippen LogP contribution in [0.15, 0.2) is 48.5 Å². The average molecular weight is 358 g/mol. The van der Waals surface area contributed by atoms with E-state index in [-0.39, 0.29) is 11.9 Å². The predicted octanol–water partition coefficient (Wildman–Crippen LogP) is 4.18. The summed E-state index contributed by atoms with van der Waals surface area (Å²) in [6.07, 6.45) is 2.59. The van der Waals surface area contributed by atoms with Gasteiger partial charge in [-0.2, -0.15) is 0 Å². The Kier molecular flexibility index (Phi) is 5.56. The molecule has 6 heteroatoms. The van der Waals surface area contributed by atoms with Crippen molar-refractivity contribution < 1.29 is 9.59 Å². The number of nitrogens with one attached hydrogen (secondary N) is 2. The fourth-order valence-corrected chi connectivity index (χ4v) is 2.89. The van der Waals surface area contributed by atoms with Gasteiger partial charge in [-0.15, -0.1) is 0 Å². The monoisotopic (exact) mass is 357 g/mol. The molecule has 0 atom stereocenters. The van der Waals surface area contributed by atoms with Crippen molar-refractivity contribution in [3.8, 4) is 0 Å². The van der Waals surface area contributed by atoms with Crippen molar-refractivity contribution in [3.05, 3.63) is 59.1 Å². The second-order valence-corrected chi connectivity index (χ2v) is 6.42. The summed E-state index contributed by atoms with van der Waals surface area (Å²) >= 11 is 5.84. The molecule has 2 aromatic rings. The van der Waals surface area contributed by atoms with Gasteiger partial charge < -0.3 is 15.5 Å². The molecule has 0 aliphatic carbocycles. The van der Waals surface area contributed by atoms with Gasteiger partial charge in [-0.25, -0.2) is 4.79 Å². The lowest BCUT2D eigenvalue weighted by Crippen LogP contribution is -2.35. The van der Waals surface area contributed by atoms with E-state index in [2.05, 4.69) is 10.6 Å². The maximum atomic E-state index is 12.0. The topological polar surface area (TPSA) is 61.4 Å². The minimum absolute atomic E-state index is 0.160. The van der Waals surface area contributed by atoms with E-state index in [9.17, 15) is 9.59 Å². The summed E-state index contributed by atoms with van der Waals surface area (Å²) in [5, 5.41) is 6.25. The molecule has 0 radical (unpaired) electrons. The van der Waals surface area contributed by atoms with Gasteiger partial charge in [0, 0.05) is 35.9 Å². The molecule has 3 rings (SSSR count). The molecule has 0 spiro atoms. The molecule has 0 saturated carbocycles. The maximum absolute atomic E-state index is 12.0. The van der Waals surface area contributed by atoms with Crippen LogP contribution in [0.1, 0.15) is 24.8 Å². The predicted molar refractivity (Wildman–Crippen MR) is 100.0 cm³/mol. The number of halogens is 1. The van der Waals surface area contributed by atoms with Gasteiger partial charge in [0.25, 0.3) is 0 Å². The molecule has 5 nitrogen and oxygen atoms in total. The zero-order valence-corrected chi connectivity index (χ0v) is 14.6. The smallest absolute Gasteiger partial charge is 0.319 e. The summed E-state index contributed by atoms with van der Waals surface area (Å²) in [5.74, 6) is 0.160. The fraction of sp³-hybridized carbons (Fsp3) is 0.263. The van der Waals surface area contributed by atoms with E-state index in [0.29, 0.717) is 23.7 Å². The van der Waals surface area contributed by atoms with Gasteiger partial charge >= 0.3 is 6.03 Å². The molecule has 0 unspecified atom stereocenters. The Morgan fingerprint density at radius 2 is 1.76 bits per heavy atom. The van der Waals surface area contributed by atoms with E-state index in [0.717, 1.165) is 30.6 Å². The van der Waals surface area contributed by atoms with Gasteiger partial charge in [-0.1, -0.05) is 23.7 Å². The minimum Gasteiger partial charge on any atom is -0.334 e. The van der Waals surface area contributed by atoms with Gasteiger partial charge in [-0.3, -0.25) is 4.79 Å². The van der Waals surface area contributed by atoms with E-state index in [1.54, 1.807) is 29.2 Å². The molecule has 1 heterocycles. The van der Waals surface area contributed by atoms with Crippen LogP contribution >= 0.6 is 11.6 Å². The summed E-state index contributed by atoms with van der Waals surface area (Å²) < 4.78 is 0. The summed E-state index contributed by atoms with van der Waals surface area (Å²) in [7, 11) is 0. The van der Waals surface area contributed by atoms with E-state index < -0.39 is 0 Å². The first-order chi connectivity index (χ1) is 12.1. The van der Waals surface area contributed by atoms with Crippen LogP contribution in [0.25, 0.3) is 0 Å². The number of urea groups is 1. The molecule has 2 aromatic carbocycles. The lowest BCUT2D eigenvalue weighted by atomic mass is 10.1. The molecule has 0 aromatic heterocycles. The van der Waals surface area contributed by atoms with Crippen molar-refractivity contribution in [2.45, 2.75) is 25.8 Å². The zero-order chi connectivity index (χ0) is 17.6. The Hall–Kier alpha value is -2.53. The number of carbonyl (C=O) groups excluding carboxylic acids is 2. The number of piperidine rings is 1. The van der Waals surface area contributed by atoms with E-state index >= 15 is 0 Å². The number of hydrogen-bond donors (Lipinski definition) is 2. The number of amides is 3. The molecule has 1 saturated heterocycles. The number of anilines is 2. The standard InChI is InChI=1S/C19H20ClN3O2/c20-15-6-4-14(5-7-15)13-21-19(25)22-16-8-10-17(11-9-16)23-12-2-1-3-18(23)24/h4-11H,1-3,12-13H2,(H2,21,22,25). The second-order valence-electron chi connectivity index (χ2n) is 5.98. The van der Waals surface area contributed by atoms with Gasteiger partial charge in [0.05, 0.1) is 0 Å². The van der Waals surface area contributed by atoms with Gasteiger partial charge in [0.2, 0.25) is 5.91 Å². The molecule has 25 heavy (non-hydrogen) atoms. The molecule has 1 aliphatic heterocycles. The summed E-state index contributed by atoms with van der Waals surface area (Å²) in [6.45, 7) is 1.18. The highest BCUT2D eigenvalue weighted by molar-refractivity contribution is 6.30. The van der Waals surface area contributed by atoms with Crippen LogP contribution in [0.4, 0.5) is 16.2 Å². The van der Waals surface area contributed by atoms with E-state index in [1.807, 2.05) is 24.3 Å². The third kappa shape index (κ3) is 4.73. The number of benzene rings is 2. The third-order valence-electron chi connectivity index (χ3n) is 4.13. The number of hydrogen-bond acceptors (Lipinski definition) is 2. The Morgan fingerprint density at radius 1 is 1.04 bits per heavy atom. The first-order valence-electron chi connectivity index (χ1n) is 8.31. The van der Waals surface area contributed by atoms with E-state index in [1.165, 1.54) is 0 Å². The third-order valence-corrected chi connectivity index (χ3v) is 4.38. The summed E-state index contributed by atoms with van der Waals surface area (Å²) in [6, 6.07) is 14.4. The van der Waals surface area contributed by atoms with Gasteiger partial charge in [0.1, 0.15) is 0 Å². The highest BCUT2D eigenvalue weighted by atomic mass is 35.5. The lowest BCUT2D eigenvalue weighted by molar-refractivity contribution is -0.119. The molecule has 1 aliphatic rings. The molecular formula is C19H20ClN3O2. The molecule has 2 N–H and O–H groups in total. The zero-order valence-electron chi connectivity index (χ0n) is 13.8. The summed E-state index contributed by atoms with van der Waals surface area (Å²) in [5.41, 5.74) is 2.53. The Bertz CT molecular complexity index is 744. The lowest BCUT2D eigenvalue weighted by Gasteiger charge is -2.26. The first kappa shape index (κ1) is 17.3. The Balaban J connectivity index is 1.53. The van der Waals surface area contributed by atoms with E-state index in [4.69, 9.17) is 11.6 Å². The molecule has 130 valence electrons. The van der Waals surface area contributed by atoms with Crippen LogP contribution in [0, 0.1) is 0 Å². The second kappa shape index (κ2) is 8.03. The van der Waals surface area contributed by atoms with Crippen molar-refractivity contribution in [2.24, 2.45) is 0 Å². The Labute approximate surface area is 152 Å². The van der Waals surface area contributed by atoms with Crippen molar-refractivity contribution in [2.75, 3.05) is 16.8 Å². The van der Waals surface area contributed by atoms with Crippen LogP contribution in [0.3, 0.4) is 0 Å². The normalized spacial score (nSPS) is 14.3. The van der Waals surface area contributed by atoms with Gasteiger partial charge in [-0.05, 0) is 54.8 Å². The van der Waals surface area contributed by atoms with Gasteiger partial charge in [0.15, 0.2) is 0 Å². The van der Waals surface area contributed by atoms with Crippen LogP contribution in [-0.4, -0.2) is 18.5 Å². The van der Waals surface area contributed by atoms with Crippen molar-refractivity contribution in [1.29, 1.82) is 0 Å². The van der Waals surface area contributed by atoms with Crippen LogP contribution in [0.5, 0.6) is 0 Å². The van der Waals surface area contributed by atoms with Crippen LogP contribution < -0.4 is 15.5 Å². The minimum atomic E-state index is -0.281.